The van der Waals surface area contributed by atoms with Crippen LogP contribution in [-0.2, 0) is 14.3 Å². The summed E-state index contributed by atoms with van der Waals surface area (Å²) in [5, 5.41) is 10.8. The van der Waals surface area contributed by atoms with Gasteiger partial charge in [0.15, 0.2) is 0 Å². The van der Waals surface area contributed by atoms with Crippen LogP contribution in [0.2, 0.25) is 0 Å². The van der Waals surface area contributed by atoms with Gasteiger partial charge in [-0.2, -0.15) is 0 Å². The molecule has 0 heterocycles. The SMILES string of the molecule is CC(C)(C)OC(=O)NCC(=O)OCCCCO. The van der Waals surface area contributed by atoms with Gasteiger partial charge in [-0.1, -0.05) is 0 Å². The lowest BCUT2D eigenvalue weighted by molar-refractivity contribution is -0.142. The van der Waals surface area contributed by atoms with Crippen molar-refractivity contribution in [3.63, 3.8) is 0 Å². The highest BCUT2D eigenvalue weighted by molar-refractivity contribution is 5.77. The molecule has 6 nitrogen and oxygen atoms in total. The van der Waals surface area contributed by atoms with E-state index in [1.807, 2.05) is 0 Å². The van der Waals surface area contributed by atoms with Crippen LogP contribution in [0.5, 0.6) is 0 Å². The van der Waals surface area contributed by atoms with Crippen molar-refractivity contribution in [1.82, 2.24) is 5.32 Å². The van der Waals surface area contributed by atoms with Crippen LogP contribution in [0.1, 0.15) is 33.6 Å². The number of amides is 1. The van der Waals surface area contributed by atoms with Crippen LogP contribution in [0.4, 0.5) is 4.79 Å². The summed E-state index contributed by atoms with van der Waals surface area (Å²) in [4.78, 5) is 22.3. The summed E-state index contributed by atoms with van der Waals surface area (Å²) in [6.07, 6.45) is 0.548. The van der Waals surface area contributed by atoms with Crippen molar-refractivity contribution in [2.24, 2.45) is 0 Å². The Morgan fingerprint density at radius 2 is 1.88 bits per heavy atom. The molecule has 1 amide bonds. The summed E-state index contributed by atoms with van der Waals surface area (Å²) < 4.78 is 9.74. The van der Waals surface area contributed by atoms with Crippen LogP contribution in [-0.4, -0.2) is 42.5 Å². The number of carbonyl (C=O) groups is 2. The van der Waals surface area contributed by atoms with Gasteiger partial charge in [-0.25, -0.2) is 4.79 Å². The number of nitrogens with one attached hydrogen (secondary N) is 1. The van der Waals surface area contributed by atoms with Crippen LogP contribution < -0.4 is 5.32 Å². The van der Waals surface area contributed by atoms with Crippen molar-refractivity contribution in [1.29, 1.82) is 0 Å². The number of unbranched alkanes of at least 4 members (excludes halogenated alkanes) is 1. The summed E-state index contributed by atoms with van der Waals surface area (Å²) in [6, 6.07) is 0. The molecule has 0 radical (unpaired) electrons. The Bertz CT molecular complexity index is 247. The van der Waals surface area contributed by atoms with Gasteiger partial charge in [0, 0.05) is 6.61 Å². The lowest BCUT2D eigenvalue weighted by Gasteiger charge is -2.19. The Labute approximate surface area is 101 Å². The van der Waals surface area contributed by atoms with Crippen LogP contribution in [0, 0.1) is 0 Å². The average molecular weight is 247 g/mol. The van der Waals surface area contributed by atoms with E-state index >= 15 is 0 Å². The first-order chi connectivity index (χ1) is 7.85. The second-order valence-corrected chi connectivity index (χ2v) is 4.51. The van der Waals surface area contributed by atoms with Gasteiger partial charge < -0.3 is 19.9 Å². The fraction of sp³-hybridized carbons (Fsp3) is 0.818. The number of hydrogen-bond acceptors (Lipinski definition) is 5. The summed E-state index contributed by atoms with van der Waals surface area (Å²) >= 11 is 0. The minimum atomic E-state index is -0.648. The van der Waals surface area contributed by atoms with E-state index in [1.54, 1.807) is 20.8 Å². The zero-order valence-electron chi connectivity index (χ0n) is 10.6. The summed E-state index contributed by atoms with van der Waals surface area (Å²) in [5.74, 6) is -0.520. The molecule has 0 rings (SSSR count). The van der Waals surface area contributed by atoms with E-state index in [2.05, 4.69) is 5.32 Å². The molecule has 0 fully saturated rings. The molecule has 100 valence electrons. The average Bonchev–Trinajstić information content (AvgIpc) is 2.19. The fourth-order valence-electron chi connectivity index (χ4n) is 0.909. The number of aliphatic hydroxyl groups is 1. The largest absolute Gasteiger partial charge is 0.464 e. The quantitative estimate of drug-likeness (QED) is 0.536. The van der Waals surface area contributed by atoms with Crippen molar-refractivity contribution < 1.29 is 24.2 Å². The molecular formula is C11H21NO5. The zero-order valence-corrected chi connectivity index (χ0v) is 10.6. The van der Waals surface area contributed by atoms with Crippen molar-refractivity contribution in [2.45, 2.75) is 39.2 Å². The molecule has 0 aromatic heterocycles. The van der Waals surface area contributed by atoms with Gasteiger partial charge in [-0.05, 0) is 33.6 Å². The summed E-state index contributed by atoms with van der Waals surface area (Å²) in [5.41, 5.74) is -0.588. The number of rotatable bonds is 6. The van der Waals surface area contributed by atoms with Gasteiger partial charge in [0.25, 0.3) is 0 Å². The first kappa shape index (κ1) is 15.7. The molecule has 6 heteroatoms. The zero-order chi connectivity index (χ0) is 13.3. The second kappa shape index (κ2) is 7.89. The first-order valence-electron chi connectivity index (χ1n) is 5.58. The van der Waals surface area contributed by atoms with E-state index in [0.717, 1.165) is 0 Å². The maximum Gasteiger partial charge on any atom is 0.408 e. The van der Waals surface area contributed by atoms with Crippen molar-refractivity contribution >= 4 is 12.1 Å². The minimum Gasteiger partial charge on any atom is -0.464 e. The Morgan fingerprint density at radius 3 is 2.41 bits per heavy atom. The third kappa shape index (κ3) is 11.0. The third-order valence-corrected chi connectivity index (χ3v) is 1.59. The summed E-state index contributed by atoms with van der Waals surface area (Å²) in [6.45, 7) is 5.32. The Morgan fingerprint density at radius 1 is 1.24 bits per heavy atom. The number of hydrogen-bond donors (Lipinski definition) is 2. The highest BCUT2D eigenvalue weighted by Gasteiger charge is 2.16. The molecule has 17 heavy (non-hydrogen) atoms. The number of aliphatic hydroxyl groups excluding tert-OH is 1. The molecule has 0 aromatic carbocycles. The van der Waals surface area contributed by atoms with E-state index in [-0.39, 0.29) is 19.8 Å². The molecule has 2 N–H and O–H groups in total. The highest BCUT2D eigenvalue weighted by atomic mass is 16.6. The Balaban J connectivity index is 3.59. The molecule has 0 aliphatic heterocycles. The van der Waals surface area contributed by atoms with Crippen LogP contribution in [0.25, 0.3) is 0 Å². The molecule has 0 bridgehead atoms. The normalized spacial score (nSPS) is 10.8. The monoisotopic (exact) mass is 247 g/mol. The molecule has 0 spiro atoms. The Kier molecular flexibility index (Phi) is 7.29. The van der Waals surface area contributed by atoms with Crippen LogP contribution in [0.3, 0.4) is 0 Å². The van der Waals surface area contributed by atoms with Gasteiger partial charge in [-0.15, -0.1) is 0 Å². The lowest BCUT2D eigenvalue weighted by Crippen LogP contribution is -2.36. The van der Waals surface area contributed by atoms with Gasteiger partial charge in [0.1, 0.15) is 12.1 Å². The van der Waals surface area contributed by atoms with E-state index < -0.39 is 17.7 Å². The highest BCUT2D eigenvalue weighted by Crippen LogP contribution is 2.06. The van der Waals surface area contributed by atoms with Crippen LogP contribution in [0.15, 0.2) is 0 Å². The number of esters is 1. The van der Waals surface area contributed by atoms with Gasteiger partial charge >= 0.3 is 12.1 Å². The van der Waals surface area contributed by atoms with Gasteiger partial charge in [0.2, 0.25) is 0 Å². The molecule has 0 aliphatic carbocycles. The molecular weight excluding hydrogens is 226 g/mol. The third-order valence-electron chi connectivity index (χ3n) is 1.59. The maximum atomic E-state index is 11.2. The van der Waals surface area contributed by atoms with E-state index in [4.69, 9.17) is 14.6 Å². The topological polar surface area (TPSA) is 84.9 Å². The van der Waals surface area contributed by atoms with Crippen LogP contribution >= 0.6 is 0 Å². The second-order valence-electron chi connectivity index (χ2n) is 4.51. The van der Waals surface area contributed by atoms with E-state index in [1.165, 1.54) is 0 Å². The molecule has 0 saturated carbocycles. The minimum absolute atomic E-state index is 0.0771. The molecule has 0 saturated heterocycles. The van der Waals surface area contributed by atoms with Crippen molar-refractivity contribution in [3.05, 3.63) is 0 Å². The summed E-state index contributed by atoms with van der Waals surface area (Å²) in [7, 11) is 0. The number of carbonyl (C=O) groups excluding carboxylic acids is 2. The fourth-order valence-corrected chi connectivity index (χ4v) is 0.909. The number of ether oxygens (including phenoxy) is 2. The molecule has 0 aromatic rings. The van der Waals surface area contributed by atoms with Gasteiger partial charge in [0.05, 0.1) is 6.61 Å². The Hall–Kier alpha value is -1.30. The predicted molar refractivity (Wildman–Crippen MR) is 61.5 cm³/mol. The number of alkyl carbamates (subject to hydrolysis) is 1. The smallest absolute Gasteiger partial charge is 0.408 e. The van der Waals surface area contributed by atoms with Crippen molar-refractivity contribution in [3.8, 4) is 0 Å². The molecule has 0 unspecified atom stereocenters. The van der Waals surface area contributed by atoms with Gasteiger partial charge in [-0.3, -0.25) is 4.79 Å². The standard InChI is InChI=1S/C11H21NO5/c1-11(2,3)17-10(15)12-8-9(14)16-7-5-4-6-13/h13H,4-8H2,1-3H3,(H,12,15). The lowest BCUT2D eigenvalue weighted by atomic mass is 10.2. The van der Waals surface area contributed by atoms with E-state index in [9.17, 15) is 9.59 Å². The van der Waals surface area contributed by atoms with E-state index in [0.29, 0.717) is 12.8 Å². The first-order valence-corrected chi connectivity index (χ1v) is 5.58. The molecule has 0 atom stereocenters. The maximum absolute atomic E-state index is 11.2. The molecule has 0 aliphatic rings. The van der Waals surface area contributed by atoms with Crippen molar-refractivity contribution in [2.75, 3.05) is 19.8 Å². The predicted octanol–water partition coefficient (Wildman–Crippen LogP) is 0.827.